The van der Waals surface area contributed by atoms with Crippen molar-refractivity contribution in [3.05, 3.63) is 48.2 Å². The lowest BCUT2D eigenvalue weighted by atomic mass is 10.2. The number of anilines is 1. The zero-order valence-corrected chi connectivity index (χ0v) is 13.7. The van der Waals surface area contributed by atoms with Crippen LogP contribution in [0.5, 0.6) is 11.5 Å². The topological polar surface area (TPSA) is 103 Å². The molecule has 1 aliphatic heterocycles. The van der Waals surface area contributed by atoms with E-state index in [0.717, 1.165) is 5.52 Å². The van der Waals surface area contributed by atoms with Crippen molar-refractivity contribution in [2.75, 3.05) is 25.1 Å². The molecule has 0 bridgehead atoms. The van der Waals surface area contributed by atoms with Crippen LogP contribution < -0.4 is 14.8 Å². The van der Waals surface area contributed by atoms with E-state index in [4.69, 9.17) is 14.2 Å². The Morgan fingerprint density at radius 1 is 1.12 bits per heavy atom. The molecule has 132 valence electrons. The number of rotatable bonds is 4. The van der Waals surface area contributed by atoms with Crippen LogP contribution in [0.3, 0.4) is 0 Å². The van der Waals surface area contributed by atoms with E-state index in [1.165, 1.54) is 0 Å². The number of benzene rings is 2. The molecular formula is C18H15N3O5. The molecule has 0 unspecified atom stereocenters. The monoisotopic (exact) mass is 353 g/mol. The van der Waals surface area contributed by atoms with Gasteiger partial charge in [-0.15, -0.1) is 0 Å². The second kappa shape index (κ2) is 6.75. The third kappa shape index (κ3) is 3.16. The van der Waals surface area contributed by atoms with Crippen molar-refractivity contribution in [2.45, 2.75) is 0 Å². The number of hydrogen-bond donors (Lipinski definition) is 2. The molecule has 4 rings (SSSR count). The fourth-order valence-corrected chi connectivity index (χ4v) is 2.64. The summed E-state index contributed by atoms with van der Waals surface area (Å²) in [6.45, 7) is 0.532. The third-order valence-electron chi connectivity index (χ3n) is 3.82. The van der Waals surface area contributed by atoms with Gasteiger partial charge in [0.25, 0.3) is 5.91 Å². The van der Waals surface area contributed by atoms with Gasteiger partial charge in [0.15, 0.2) is 23.8 Å². The molecule has 1 aliphatic rings. The Labute approximate surface area is 148 Å². The summed E-state index contributed by atoms with van der Waals surface area (Å²) < 4.78 is 15.9. The molecule has 3 aromatic rings. The van der Waals surface area contributed by atoms with Gasteiger partial charge in [-0.1, -0.05) is 18.2 Å². The number of nitrogens with zero attached hydrogens (tertiary/aromatic N) is 1. The highest BCUT2D eigenvalue weighted by atomic mass is 16.6. The number of carbonyl (C=O) groups excluding carboxylic acids is 2. The van der Waals surface area contributed by atoms with Crippen LogP contribution >= 0.6 is 0 Å². The van der Waals surface area contributed by atoms with Gasteiger partial charge in [-0.05, 0) is 18.2 Å². The molecule has 0 fully saturated rings. The Morgan fingerprint density at radius 2 is 1.92 bits per heavy atom. The van der Waals surface area contributed by atoms with E-state index in [2.05, 4.69) is 15.5 Å². The minimum Gasteiger partial charge on any atom is -0.486 e. The number of H-pyrrole nitrogens is 1. The second-order valence-corrected chi connectivity index (χ2v) is 5.60. The van der Waals surface area contributed by atoms with Crippen LogP contribution in [0, 0.1) is 0 Å². The number of aromatic nitrogens is 2. The average molecular weight is 353 g/mol. The molecule has 26 heavy (non-hydrogen) atoms. The first-order valence-electron chi connectivity index (χ1n) is 8.00. The van der Waals surface area contributed by atoms with Crippen molar-refractivity contribution in [2.24, 2.45) is 0 Å². The maximum atomic E-state index is 12.1. The first-order valence-corrected chi connectivity index (χ1v) is 8.00. The van der Waals surface area contributed by atoms with Gasteiger partial charge >= 0.3 is 5.97 Å². The largest absolute Gasteiger partial charge is 0.486 e. The number of amides is 1. The van der Waals surface area contributed by atoms with Crippen molar-refractivity contribution >= 4 is 28.5 Å². The minimum absolute atomic E-state index is 0.146. The molecule has 1 amide bonds. The number of nitrogens with one attached hydrogen (secondary N) is 2. The molecule has 2 N–H and O–H groups in total. The van der Waals surface area contributed by atoms with Crippen molar-refractivity contribution in [3.63, 3.8) is 0 Å². The summed E-state index contributed by atoms with van der Waals surface area (Å²) >= 11 is 0. The molecule has 0 radical (unpaired) electrons. The van der Waals surface area contributed by atoms with Crippen LogP contribution in [-0.2, 0) is 9.53 Å². The van der Waals surface area contributed by atoms with E-state index in [1.807, 2.05) is 6.07 Å². The molecule has 8 nitrogen and oxygen atoms in total. The summed E-state index contributed by atoms with van der Waals surface area (Å²) in [7, 11) is 0. The molecule has 0 saturated carbocycles. The minimum atomic E-state index is -0.667. The van der Waals surface area contributed by atoms with Crippen molar-refractivity contribution in [3.8, 4) is 11.5 Å². The van der Waals surface area contributed by atoms with Crippen molar-refractivity contribution < 1.29 is 23.8 Å². The normalized spacial score (nSPS) is 12.6. The molecule has 2 heterocycles. The summed E-state index contributed by atoms with van der Waals surface area (Å²) in [5.41, 5.74) is 1.40. The van der Waals surface area contributed by atoms with E-state index in [9.17, 15) is 9.59 Å². The number of esters is 1. The lowest BCUT2D eigenvalue weighted by Crippen LogP contribution is -2.21. The van der Waals surface area contributed by atoms with Gasteiger partial charge in [0.05, 0.1) is 5.52 Å². The van der Waals surface area contributed by atoms with Crippen LogP contribution in [0.4, 0.5) is 5.69 Å². The molecule has 0 aliphatic carbocycles. The Hall–Kier alpha value is -3.55. The van der Waals surface area contributed by atoms with Crippen molar-refractivity contribution in [1.29, 1.82) is 0 Å². The lowest BCUT2D eigenvalue weighted by molar-refractivity contribution is -0.119. The summed E-state index contributed by atoms with van der Waals surface area (Å²) in [5.74, 6) is 0.0646. The highest BCUT2D eigenvalue weighted by Gasteiger charge is 2.17. The Morgan fingerprint density at radius 3 is 2.81 bits per heavy atom. The molecule has 0 saturated heterocycles. The zero-order chi connectivity index (χ0) is 17.9. The SMILES string of the molecule is O=C(COC(=O)c1n[nH]c2ccccc12)Nc1ccc2c(c1)OCCO2. The van der Waals surface area contributed by atoms with Crippen LogP contribution in [0.1, 0.15) is 10.5 Å². The van der Waals surface area contributed by atoms with Gasteiger partial charge in [0.2, 0.25) is 0 Å². The third-order valence-corrected chi connectivity index (χ3v) is 3.82. The van der Waals surface area contributed by atoms with Crippen LogP contribution in [0.15, 0.2) is 42.5 Å². The molecular weight excluding hydrogens is 338 g/mol. The number of para-hydroxylation sites is 1. The predicted octanol–water partition coefficient (Wildman–Crippen LogP) is 2.13. The lowest BCUT2D eigenvalue weighted by Gasteiger charge is -2.18. The van der Waals surface area contributed by atoms with Gasteiger partial charge in [-0.3, -0.25) is 9.89 Å². The summed E-state index contributed by atoms with van der Waals surface area (Å²) in [6, 6.07) is 12.2. The Kier molecular flexibility index (Phi) is 4.14. The number of ether oxygens (including phenoxy) is 3. The van der Waals surface area contributed by atoms with Gasteiger partial charge in [0.1, 0.15) is 13.2 Å². The number of hydrogen-bond acceptors (Lipinski definition) is 6. The fraction of sp³-hybridized carbons (Fsp3) is 0.167. The standard InChI is InChI=1S/C18H15N3O5/c22-16(19-11-5-6-14-15(9-11)25-8-7-24-14)10-26-18(23)17-12-3-1-2-4-13(12)20-21-17/h1-6,9H,7-8,10H2,(H,19,22)(H,20,21). The van der Waals surface area contributed by atoms with Gasteiger partial charge in [-0.2, -0.15) is 5.10 Å². The van der Waals surface area contributed by atoms with E-state index in [-0.39, 0.29) is 5.69 Å². The van der Waals surface area contributed by atoms with Crippen LogP contribution in [0.2, 0.25) is 0 Å². The molecule has 8 heteroatoms. The van der Waals surface area contributed by atoms with Gasteiger partial charge in [0, 0.05) is 17.1 Å². The van der Waals surface area contributed by atoms with E-state index in [0.29, 0.717) is 35.8 Å². The highest BCUT2D eigenvalue weighted by molar-refractivity contribution is 6.03. The molecule has 1 aromatic heterocycles. The fourth-order valence-electron chi connectivity index (χ4n) is 2.64. The molecule has 0 atom stereocenters. The van der Waals surface area contributed by atoms with E-state index >= 15 is 0 Å². The number of fused-ring (bicyclic) bond motifs is 2. The summed E-state index contributed by atoms with van der Waals surface area (Å²) in [4.78, 5) is 24.2. The first kappa shape index (κ1) is 15.9. The smallest absolute Gasteiger partial charge is 0.359 e. The summed E-state index contributed by atoms with van der Waals surface area (Å²) in [6.07, 6.45) is 0. The molecule has 2 aromatic carbocycles. The second-order valence-electron chi connectivity index (χ2n) is 5.60. The van der Waals surface area contributed by atoms with Crippen molar-refractivity contribution in [1.82, 2.24) is 10.2 Å². The quantitative estimate of drug-likeness (QED) is 0.697. The zero-order valence-electron chi connectivity index (χ0n) is 13.7. The Bertz CT molecular complexity index is 982. The number of aromatic amines is 1. The maximum absolute atomic E-state index is 12.1. The van der Waals surface area contributed by atoms with E-state index in [1.54, 1.807) is 36.4 Å². The predicted molar refractivity (Wildman–Crippen MR) is 92.4 cm³/mol. The van der Waals surface area contributed by atoms with Gasteiger partial charge < -0.3 is 19.5 Å². The molecule has 0 spiro atoms. The maximum Gasteiger partial charge on any atom is 0.359 e. The van der Waals surface area contributed by atoms with Gasteiger partial charge in [-0.25, -0.2) is 4.79 Å². The average Bonchev–Trinajstić information content (AvgIpc) is 3.10. The van der Waals surface area contributed by atoms with Crippen LogP contribution in [0.25, 0.3) is 10.9 Å². The number of carbonyl (C=O) groups is 2. The van der Waals surface area contributed by atoms with Crippen LogP contribution in [-0.4, -0.2) is 41.9 Å². The summed E-state index contributed by atoms with van der Waals surface area (Å²) in [5, 5.41) is 9.99. The Balaban J connectivity index is 1.37. The van der Waals surface area contributed by atoms with E-state index < -0.39 is 18.5 Å². The first-order chi connectivity index (χ1) is 12.7. The highest BCUT2D eigenvalue weighted by Crippen LogP contribution is 2.32.